The smallest absolute Gasteiger partial charge is 0.240 e. The van der Waals surface area contributed by atoms with Crippen LogP contribution in [0.15, 0.2) is 41.5 Å². The molecule has 0 atom stereocenters. The Balaban J connectivity index is 1.49. The summed E-state index contributed by atoms with van der Waals surface area (Å²) in [7, 11) is 0. The van der Waals surface area contributed by atoms with Gasteiger partial charge in [0.15, 0.2) is 0 Å². The summed E-state index contributed by atoms with van der Waals surface area (Å²) in [5, 5.41) is 18.8. The quantitative estimate of drug-likeness (QED) is 0.541. The Hall–Kier alpha value is -2.89. The van der Waals surface area contributed by atoms with Crippen LogP contribution in [0.5, 0.6) is 5.75 Å². The third kappa shape index (κ3) is 5.29. The van der Waals surface area contributed by atoms with E-state index in [-0.39, 0.29) is 36.4 Å². The fourth-order valence-corrected chi connectivity index (χ4v) is 3.42. The molecule has 1 fully saturated rings. The summed E-state index contributed by atoms with van der Waals surface area (Å²) in [4.78, 5) is 23.9. The molecule has 2 aromatic carbocycles. The van der Waals surface area contributed by atoms with Crippen molar-refractivity contribution in [2.45, 2.75) is 51.0 Å². The fraction of sp³-hybridized carbons (Fsp3) is 0.381. The Morgan fingerprint density at radius 2 is 1.78 bits per heavy atom. The summed E-state index contributed by atoms with van der Waals surface area (Å²) < 4.78 is 0. The zero-order valence-electron chi connectivity index (χ0n) is 15.3. The number of carbonyl (C=O) groups is 2. The number of hydrogen-bond acceptors (Lipinski definition) is 4. The van der Waals surface area contributed by atoms with Crippen LogP contribution in [0, 0.1) is 0 Å². The first-order chi connectivity index (χ1) is 13.1. The second-order valence-electron chi connectivity index (χ2n) is 6.92. The summed E-state index contributed by atoms with van der Waals surface area (Å²) >= 11 is 0. The van der Waals surface area contributed by atoms with Gasteiger partial charge in [-0.2, -0.15) is 5.10 Å². The van der Waals surface area contributed by atoms with Gasteiger partial charge in [-0.25, -0.2) is 5.43 Å². The molecule has 0 aromatic heterocycles. The van der Waals surface area contributed by atoms with E-state index in [0.29, 0.717) is 5.56 Å². The van der Waals surface area contributed by atoms with E-state index in [2.05, 4.69) is 15.8 Å². The monoisotopic (exact) mass is 367 g/mol. The first-order valence-electron chi connectivity index (χ1n) is 9.45. The van der Waals surface area contributed by atoms with Crippen molar-refractivity contribution in [2.24, 2.45) is 5.10 Å². The largest absolute Gasteiger partial charge is 0.507 e. The van der Waals surface area contributed by atoms with Crippen molar-refractivity contribution in [2.75, 3.05) is 0 Å². The van der Waals surface area contributed by atoms with E-state index in [9.17, 15) is 14.7 Å². The molecule has 3 rings (SSSR count). The lowest BCUT2D eigenvalue weighted by atomic mass is 9.95. The lowest BCUT2D eigenvalue weighted by Crippen LogP contribution is -2.36. The number of hydrogen-bond donors (Lipinski definition) is 3. The van der Waals surface area contributed by atoms with Crippen molar-refractivity contribution >= 4 is 28.8 Å². The number of aromatic hydroxyl groups is 1. The summed E-state index contributed by atoms with van der Waals surface area (Å²) in [6.07, 6.45) is 7.25. The highest BCUT2D eigenvalue weighted by atomic mass is 16.3. The molecule has 1 saturated carbocycles. The first kappa shape index (κ1) is 18.9. The number of carbonyl (C=O) groups excluding carboxylic acids is 2. The number of phenolic OH excluding ortho intramolecular Hbond substituents is 1. The molecule has 0 unspecified atom stereocenters. The van der Waals surface area contributed by atoms with E-state index in [1.165, 1.54) is 12.6 Å². The SMILES string of the molecule is O=C(CCC(=O)NC1CCCCC1)NN=Cc1c(O)ccc2ccccc12. The van der Waals surface area contributed by atoms with Crippen LogP contribution in [-0.4, -0.2) is 29.2 Å². The maximum Gasteiger partial charge on any atom is 0.240 e. The summed E-state index contributed by atoms with van der Waals surface area (Å²) in [6, 6.07) is 11.3. The van der Waals surface area contributed by atoms with E-state index in [1.807, 2.05) is 30.3 Å². The standard InChI is InChI=1S/C21H25N3O3/c25-19-11-10-15-6-4-5-9-17(15)18(19)14-22-24-21(27)13-12-20(26)23-16-7-2-1-3-8-16/h4-6,9-11,14,16,25H,1-3,7-8,12-13H2,(H,23,26)(H,24,27). The van der Waals surface area contributed by atoms with Crippen LogP contribution >= 0.6 is 0 Å². The highest BCUT2D eigenvalue weighted by Gasteiger charge is 2.16. The number of fused-ring (bicyclic) bond motifs is 1. The number of nitrogens with one attached hydrogen (secondary N) is 2. The minimum Gasteiger partial charge on any atom is -0.507 e. The van der Waals surface area contributed by atoms with Crippen LogP contribution in [0.4, 0.5) is 0 Å². The number of amides is 2. The molecule has 0 bridgehead atoms. The lowest BCUT2D eigenvalue weighted by molar-refractivity contribution is -0.126. The van der Waals surface area contributed by atoms with E-state index >= 15 is 0 Å². The third-order valence-electron chi connectivity index (χ3n) is 4.88. The fourth-order valence-electron chi connectivity index (χ4n) is 3.42. The minimum atomic E-state index is -0.329. The third-order valence-corrected chi connectivity index (χ3v) is 4.88. The van der Waals surface area contributed by atoms with Crippen LogP contribution in [0.25, 0.3) is 10.8 Å². The van der Waals surface area contributed by atoms with Crippen molar-refractivity contribution in [1.82, 2.24) is 10.7 Å². The van der Waals surface area contributed by atoms with Gasteiger partial charge in [-0.15, -0.1) is 0 Å². The number of nitrogens with zero attached hydrogens (tertiary/aromatic N) is 1. The number of rotatable bonds is 6. The van der Waals surface area contributed by atoms with Gasteiger partial charge in [0.25, 0.3) is 0 Å². The lowest BCUT2D eigenvalue weighted by Gasteiger charge is -2.22. The van der Waals surface area contributed by atoms with Crippen molar-refractivity contribution < 1.29 is 14.7 Å². The highest BCUT2D eigenvalue weighted by molar-refractivity contribution is 6.02. The second-order valence-corrected chi connectivity index (χ2v) is 6.92. The average Bonchev–Trinajstić information content (AvgIpc) is 2.69. The molecule has 0 saturated heterocycles. The first-order valence-corrected chi connectivity index (χ1v) is 9.45. The predicted octanol–water partition coefficient (Wildman–Crippen LogP) is 3.22. The molecule has 2 aromatic rings. The van der Waals surface area contributed by atoms with Gasteiger partial charge in [-0.1, -0.05) is 49.6 Å². The van der Waals surface area contributed by atoms with E-state index in [0.717, 1.165) is 36.5 Å². The van der Waals surface area contributed by atoms with Gasteiger partial charge < -0.3 is 10.4 Å². The molecule has 27 heavy (non-hydrogen) atoms. The summed E-state index contributed by atoms with van der Waals surface area (Å²) in [6.45, 7) is 0. The van der Waals surface area contributed by atoms with E-state index in [1.54, 1.807) is 6.07 Å². The van der Waals surface area contributed by atoms with Crippen LogP contribution in [0.2, 0.25) is 0 Å². The molecule has 142 valence electrons. The molecule has 0 spiro atoms. The van der Waals surface area contributed by atoms with Crippen molar-refractivity contribution in [3.05, 3.63) is 42.0 Å². The number of benzene rings is 2. The van der Waals surface area contributed by atoms with Gasteiger partial charge in [0.2, 0.25) is 11.8 Å². The molecule has 6 nitrogen and oxygen atoms in total. The van der Waals surface area contributed by atoms with Gasteiger partial charge in [0, 0.05) is 24.4 Å². The second kappa shape index (κ2) is 9.16. The highest BCUT2D eigenvalue weighted by Crippen LogP contribution is 2.25. The van der Waals surface area contributed by atoms with Crippen LogP contribution in [-0.2, 0) is 9.59 Å². The summed E-state index contributed by atoms with van der Waals surface area (Å²) in [5.41, 5.74) is 2.97. The normalized spacial score (nSPS) is 15.1. The van der Waals surface area contributed by atoms with Gasteiger partial charge in [-0.3, -0.25) is 9.59 Å². The molecule has 0 aliphatic heterocycles. The molecule has 1 aliphatic carbocycles. The van der Waals surface area contributed by atoms with Crippen LogP contribution in [0.3, 0.4) is 0 Å². The van der Waals surface area contributed by atoms with Crippen molar-refractivity contribution in [3.8, 4) is 5.75 Å². The Morgan fingerprint density at radius 1 is 1.04 bits per heavy atom. The zero-order valence-corrected chi connectivity index (χ0v) is 15.3. The van der Waals surface area contributed by atoms with Gasteiger partial charge in [0.1, 0.15) is 5.75 Å². The van der Waals surface area contributed by atoms with Crippen molar-refractivity contribution in [1.29, 1.82) is 0 Å². The zero-order chi connectivity index (χ0) is 19.1. The molecule has 2 amide bonds. The van der Waals surface area contributed by atoms with Crippen molar-refractivity contribution in [3.63, 3.8) is 0 Å². The number of hydrazone groups is 1. The maximum atomic E-state index is 11.9. The molecule has 0 radical (unpaired) electrons. The molecule has 0 heterocycles. The van der Waals surface area contributed by atoms with E-state index < -0.39 is 0 Å². The Labute approximate surface area is 158 Å². The van der Waals surface area contributed by atoms with Crippen LogP contribution in [0.1, 0.15) is 50.5 Å². The minimum absolute atomic E-state index is 0.0808. The van der Waals surface area contributed by atoms with Crippen LogP contribution < -0.4 is 10.7 Å². The predicted molar refractivity (Wildman–Crippen MR) is 106 cm³/mol. The van der Waals surface area contributed by atoms with E-state index in [4.69, 9.17) is 0 Å². The molecule has 6 heteroatoms. The Kier molecular flexibility index (Phi) is 6.41. The van der Waals surface area contributed by atoms with Gasteiger partial charge >= 0.3 is 0 Å². The molecule has 3 N–H and O–H groups in total. The molecule has 1 aliphatic rings. The molecular weight excluding hydrogens is 342 g/mol. The number of phenols is 1. The molecular formula is C21H25N3O3. The van der Waals surface area contributed by atoms with Gasteiger partial charge in [-0.05, 0) is 29.7 Å². The summed E-state index contributed by atoms with van der Waals surface area (Å²) in [5.74, 6) is -0.323. The van der Waals surface area contributed by atoms with Gasteiger partial charge in [0.05, 0.1) is 6.21 Å². The Morgan fingerprint density at radius 3 is 2.59 bits per heavy atom. The maximum absolute atomic E-state index is 11.9. The topological polar surface area (TPSA) is 90.8 Å². The average molecular weight is 367 g/mol. The Bertz CT molecular complexity index is 842.